The van der Waals surface area contributed by atoms with Gasteiger partial charge in [0.15, 0.2) is 5.78 Å². The van der Waals surface area contributed by atoms with E-state index in [2.05, 4.69) is 5.32 Å². The van der Waals surface area contributed by atoms with E-state index in [1.54, 1.807) is 6.92 Å². The zero-order valence-electron chi connectivity index (χ0n) is 20.6. The Morgan fingerprint density at radius 1 is 1.15 bits per heavy atom. The number of benzene rings is 1. The first-order valence-electron chi connectivity index (χ1n) is 11.5. The largest absolute Gasteiger partial charge is 0.491 e. The van der Waals surface area contributed by atoms with Crippen LogP contribution in [0.4, 0.5) is 0 Å². The molecule has 0 unspecified atom stereocenters. The molecular formula is C26H33NO7. The topological polar surface area (TPSA) is 100 Å². The van der Waals surface area contributed by atoms with Gasteiger partial charge in [0.1, 0.15) is 18.3 Å². The van der Waals surface area contributed by atoms with Crippen molar-refractivity contribution >= 4 is 17.7 Å². The van der Waals surface area contributed by atoms with Gasteiger partial charge in [-0.05, 0) is 39.2 Å². The number of para-hydroxylation sites is 1. The van der Waals surface area contributed by atoms with Crippen molar-refractivity contribution in [2.24, 2.45) is 11.8 Å². The standard InChI is InChI=1S/C26H33NO7/c1-14(2)34-19-10-8-7-9-17(19)22-21(26(30)33-12-11-31-5)16(4)27-18-13-15(3)20(25(29)32-6)24(28)23(18)22/h7-10,14-15,20,22,27H,11-13H2,1-6H3/t15-,20-,22+/m1/s1. The summed E-state index contributed by atoms with van der Waals surface area (Å²) in [6, 6.07) is 7.33. The molecule has 34 heavy (non-hydrogen) atoms. The normalized spacial score (nSPS) is 22.3. The van der Waals surface area contributed by atoms with Gasteiger partial charge in [-0.1, -0.05) is 25.1 Å². The maximum atomic E-state index is 13.8. The summed E-state index contributed by atoms with van der Waals surface area (Å²) < 4.78 is 21.5. The van der Waals surface area contributed by atoms with Crippen LogP contribution in [0.15, 0.2) is 46.8 Å². The Bertz CT molecular complexity index is 1020. The van der Waals surface area contributed by atoms with Crippen LogP contribution < -0.4 is 10.1 Å². The van der Waals surface area contributed by atoms with Crippen LogP contribution in [0.3, 0.4) is 0 Å². The number of nitrogens with one attached hydrogen (secondary N) is 1. The molecule has 3 rings (SSSR count). The lowest BCUT2D eigenvalue weighted by Crippen LogP contribution is -2.43. The molecule has 3 atom stereocenters. The molecule has 0 spiro atoms. The highest BCUT2D eigenvalue weighted by molar-refractivity contribution is 6.12. The van der Waals surface area contributed by atoms with Crippen LogP contribution in [-0.2, 0) is 28.6 Å². The van der Waals surface area contributed by atoms with Gasteiger partial charge in [0.05, 0.1) is 31.3 Å². The molecule has 0 saturated carbocycles. The van der Waals surface area contributed by atoms with E-state index >= 15 is 0 Å². The number of hydrogen-bond donors (Lipinski definition) is 1. The third-order valence-corrected chi connectivity index (χ3v) is 6.08. The molecule has 1 N–H and O–H groups in total. The maximum Gasteiger partial charge on any atom is 0.336 e. The van der Waals surface area contributed by atoms with E-state index in [0.717, 1.165) is 0 Å². The predicted molar refractivity (Wildman–Crippen MR) is 125 cm³/mol. The minimum absolute atomic E-state index is 0.0741. The zero-order chi connectivity index (χ0) is 25.0. The summed E-state index contributed by atoms with van der Waals surface area (Å²) in [6.07, 6.45) is 0.344. The van der Waals surface area contributed by atoms with Crippen LogP contribution >= 0.6 is 0 Å². The van der Waals surface area contributed by atoms with E-state index in [4.69, 9.17) is 18.9 Å². The molecule has 0 amide bonds. The van der Waals surface area contributed by atoms with Crippen molar-refractivity contribution < 1.29 is 33.3 Å². The van der Waals surface area contributed by atoms with Gasteiger partial charge >= 0.3 is 11.9 Å². The summed E-state index contributed by atoms with van der Waals surface area (Å²) in [7, 11) is 2.80. The van der Waals surface area contributed by atoms with Gasteiger partial charge in [0, 0.05) is 29.6 Å². The third kappa shape index (κ3) is 5.01. The molecule has 1 aliphatic carbocycles. The van der Waals surface area contributed by atoms with Crippen molar-refractivity contribution in [1.82, 2.24) is 5.32 Å². The van der Waals surface area contributed by atoms with E-state index in [0.29, 0.717) is 40.3 Å². The molecule has 0 fully saturated rings. The smallest absolute Gasteiger partial charge is 0.336 e. The Labute approximate surface area is 200 Å². The van der Waals surface area contributed by atoms with E-state index in [9.17, 15) is 14.4 Å². The minimum atomic E-state index is -0.949. The van der Waals surface area contributed by atoms with Gasteiger partial charge in [-0.15, -0.1) is 0 Å². The van der Waals surface area contributed by atoms with Gasteiger partial charge in [-0.2, -0.15) is 0 Å². The average Bonchev–Trinajstić information content (AvgIpc) is 2.78. The quantitative estimate of drug-likeness (QED) is 0.350. The lowest BCUT2D eigenvalue weighted by atomic mass is 9.69. The summed E-state index contributed by atoms with van der Waals surface area (Å²) in [5, 5.41) is 3.25. The van der Waals surface area contributed by atoms with Crippen LogP contribution in [0, 0.1) is 11.8 Å². The second-order valence-electron chi connectivity index (χ2n) is 8.87. The van der Waals surface area contributed by atoms with Crippen LogP contribution in [0.5, 0.6) is 5.75 Å². The maximum absolute atomic E-state index is 13.8. The monoisotopic (exact) mass is 471 g/mol. The summed E-state index contributed by atoms with van der Waals surface area (Å²) in [5.41, 5.74) is 2.64. The lowest BCUT2D eigenvalue weighted by Gasteiger charge is -2.38. The first kappa shape index (κ1) is 25.5. The zero-order valence-corrected chi connectivity index (χ0v) is 20.6. The second-order valence-corrected chi connectivity index (χ2v) is 8.87. The number of allylic oxidation sites excluding steroid dienone is 3. The summed E-state index contributed by atoms with van der Waals surface area (Å²) in [5.74, 6) is -2.88. The number of carbonyl (C=O) groups is 3. The molecule has 0 saturated heterocycles. The minimum Gasteiger partial charge on any atom is -0.491 e. The summed E-state index contributed by atoms with van der Waals surface area (Å²) >= 11 is 0. The number of dihydropyridines is 1. The fraction of sp³-hybridized carbons (Fsp3) is 0.500. The molecule has 0 aromatic heterocycles. The number of ether oxygens (including phenoxy) is 4. The van der Waals surface area contributed by atoms with E-state index in [1.807, 2.05) is 45.0 Å². The molecule has 184 valence electrons. The fourth-order valence-corrected chi connectivity index (χ4v) is 4.64. The van der Waals surface area contributed by atoms with Crippen molar-refractivity contribution in [2.45, 2.75) is 46.1 Å². The number of ketones is 1. The Morgan fingerprint density at radius 2 is 1.85 bits per heavy atom. The molecule has 1 aromatic rings. The Balaban J connectivity index is 2.18. The Kier molecular flexibility index (Phi) is 8.15. The SMILES string of the molecule is COCCOC(=O)C1=C(C)NC2=C(C(=O)[C@H](C(=O)OC)[C@H](C)C2)[C@H]1c1ccccc1OC(C)C. The molecule has 1 aromatic carbocycles. The number of carbonyl (C=O) groups excluding carboxylic acids is 3. The molecule has 2 aliphatic rings. The number of esters is 2. The van der Waals surface area contributed by atoms with E-state index < -0.39 is 23.8 Å². The molecule has 1 aliphatic heterocycles. The first-order chi connectivity index (χ1) is 16.2. The fourth-order valence-electron chi connectivity index (χ4n) is 4.64. The van der Waals surface area contributed by atoms with Crippen LogP contribution in [0.2, 0.25) is 0 Å². The van der Waals surface area contributed by atoms with Crippen molar-refractivity contribution in [3.8, 4) is 5.75 Å². The third-order valence-electron chi connectivity index (χ3n) is 6.08. The summed E-state index contributed by atoms with van der Waals surface area (Å²) in [4.78, 5) is 39.6. The van der Waals surface area contributed by atoms with Gasteiger partial charge < -0.3 is 24.3 Å². The highest BCUT2D eigenvalue weighted by Gasteiger charge is 2.47. The molecule has 8 nitrogen and oxygen atoms in total. The van der Waals surface area contributed by atoms with Crippen molar-refractivity contribution in [2.75, 3.05) is 27.4 Å². The average molecular weight is 472 g/mol. The lowest BCUT2D eigenvalue weighted by molar-refractivity contribution is -0.151. The Morgan fingerprint density at radius 3 is 2.50 bits per heavy atom. The van der Waals surface area contributed by atoms with E-state index in [-0.39, 0.29) is 31.0 Å². The predicted octanol–water partition coefficient (Wildman–Crippen LogP) is 3.28. The van der Waals surface area contributed by atoms with Crippen LogP contribution in [0.25, 0.3) is 0 Å². The summed E-state index contributed by atoms with van der Waals surface area (Å²) in [6.45, 7) is 7.78. The number of methoxy groups -OCH3 is 2. The molecule has 0 radical (unpaired) electrons. The van der Waals surface area contributed by atoms with Crippen molar-refractivity contribution in [3.63, 3.8) is 0 Å². The van der Waals surface area contributed by atoms with Gasteiger partial charge in [-0.25, -0.2) is 4.79 Å². The van der Waals surface area contributed by atoms with Gasteiger partial charge in [0.25, 0.3) is 0 Å². The second kappa shape index (κ2) is 10.9. The highest BCUT2D eigenvalue weighted by Crippen LogP contribution is 2.47. The van der Waals surface area contributed by atoms with Crippen molar-refractivity contribution in [1.29, 1.82) is 0 Å². The molecular weight excluding hydrogens is 438 g/mol. The van der Waals surface area contributed by atoms with Gasteiger partial charge in [0.2, 0.25) is 0 Å². The van der Waals surface area contributed by atoms with E-state index in [1.165, 1.54) is 14.2 Å². The van der Waals surface area contributed by atoms with Gasteiger partial charge in [-0.3, -0.25) is 9.59 Å². The van der Waals surface area contributed by atoms with Crippen LogP contribution in [-0.4, -0.2) is 51.3 Å². The Hall–Kier alpha value is -3.13. The van der Waals surface area contributed by atoms with Crippen molar-refractivity contribution in [3.05, 3.63) is 52.4 Å². The number of hydrogen-bond acceptors (Lipinski definition) is 8. The molecule has 0 bridgehead atoms. The first-order valence-corrected chi connectivity index (χ1v) is 11.5. The molecule has 8 heteroatoms. The number of Topliss-reactive ketones (excluding diaryl/α,β-unsaturated/α-hetero) is 1. The number of rotatable bonds is 8. The molecule has 1 heterocycles. The van der Waals surface area contributed by atoms with Crippen LogP contribution in [0.1, 0.15) is 45.6 Å². The highest BCUT2D eigenvalue weighted by atomic mass is 16.6.